The lowest BCUT2D eigenvalue weighted by atomic mass is 10.0. The van der Waals surface area contributed by atoms with Crippen LogP contribution in [0.25, 0.3) is 22.2 Å². The van der Waals surface area contributed by atoms with Gasteiger partial charge in [0.15, 0.2) is 0 Å². The molecule has 0 bridgehead atoms. The van der Waals surface area contributed by atoms with Crippen molar-refractivity contribution in [2.75, 3.05) is 10.0 Å². The van der Waals surface area contributed by atoms with Crippen LogP contribution in [0.15, 0.2) is 65.8 Å². The zero-order valence-corrected chi connectivity index (χ0v) is 17.2. The van der Waals surface area contributed by atoms with Crippen LogP contribution in [0.5, 0.6) is 0 Å². The number of pyridine rings is 2. The lowest BCUT2D eigenvalue weighted by molar-refractivity contribution is -0.117. The molecule has 1 fully saturated rings. The van der Waals surface area contributed by atoms with E-state index in [4.69, 9.17) is 5.26 Å². The number of aromatic nitrogens is 3. The van der Waals surface area contributed by atoms with Crippen molar-refractivity contribution in [2.45, 2.75) is 17.7 Å². The topological polar surface area (TPSA) is 106 Å². The highest BCUT2D eigenvalue weighted by Crippen LogP contribution is 2.33. The summed E-state index contributed by atoms with van der Waals surface area (Å²) in [6.45, 7) is 0. The number of hydrogen-bond donors (Lipinski definition) is 3. The third kappa shape index (κ3) is 4.22. The largest absolute Gasteiger partial charge is 0.346 e. The van der Waals surface area contributed by atoms with Crippen LogP contribution in [-0.2, 0) is 4.79 Å². The highest BCUT2D eigenvalue weighted by Gasteiger charge is 2.30. The summed E-state index contributed by atoms with van der Waals surface area (Å²) in [7, 11) is 0. The summed E-state index contributed by atoms with van der Waals surface area (Å²) in [4.78, 5) is 24.8. The first-order chi connectivity index (χ1) is 15.2. The minimum atomic E-state index is 0.0400. The van der Waals surface area contributed by atoms with Gasteiger partial charge in [0.1, 0.15) is 23.2 Å². The average molecular weight is 427 g/mol. The minimum Gasteiger partial charge on any atom is -0.346 e. The number of aromatic amines is 1. The van der Waals surface area contributed by atoms with Crippen molar-refractivity contribution >= 4 is 40.4 Å². The second-order valence-electron chi connectivity index (χ2n) is 7.33. The van der Waals surface area contributed by atoms with Gasteiger partial charge in [-0.25, -0.2) is 9.97 Å². The number of carbonyl (C=O) groups excluding carboxylic acids is 1. The number of nitrogens with one attached hydrogen (secondary N) is 3. The Labute approximate surface area is 183 Å². The number of nitrogens with zero attached hydrogens (tertiary/aromatic N) is 3. The number of rotatable bonds is 6. The average Bonchev–Trinajstić information content (AvgIpc) is 3.56. The predicted octanol–water partition coefficient (Wildman–Crippen LogP) is 4.96. The van der Waals surface area contributed by atoms with E-state index in [0.717, 1.165) is 45.6 Å². The van der Waals surface area contributed by atoms with Crippen molar-refractivity contribution in [3.05, 3.63) is 66.6 Å². The molecule has 0 radical (unpaired) electrons. The number of amides is 1. The van der Waals surface area contributed by atoms with Crippen molar-refractivity contribution in [3.63, 3.8) is 0 Å². The summed E-state index contributed by atoms with van der Waals surface area (Å²) in [6, 6.07) is 17.6. The third-order valence-electron chi connectivity index (χ3n) is 5.06. The van der Waals surface area contributed by atoms with E-state index in [9.17, 15) is 4.79 Å². The van der Waals surface area contributed by atoms with Gasteiger partial charge in [0, 0.05) is 34.3 Å². The summed E-state index contributed by atoms with van der Waals surface area (Å²) in [6.07, 6.45) is 5.43. The molecule has 7 nitrogen and oxygen atoms in total. The summed E-state index contributed by atoms with van der Waals surface area (Å²) < 4.78 is 3.28. The maximum Gasteiger partial charge on any atom is 0.228 e. The van der Waals surface area contributed by atoms with E-state index < -0.39 is 0 Å². The SMILES string of the molecule is N#Cc1ccc(SNc2ccc(-c3cc(NC(=O)C4CC4)nc4[nH]ccc34)cc2)cn1. The van der Waals surface area contributed by atoms with E-state index in [1.165, 1.54) is 11.9 Å². The molecule has 0 unspecified atom stereocenters. The number of hydrogen-bond acceptors (Lipinski definition) is 6. The lowest BCUT2D eigenvalue weighted by Crippen LogP contribution is -2.14. The van der Waals surface area contributed by atoms with Gasteiger partial charge in [-0.05, 0) is 72.3 Å². The van der Waals surface area contributed by atoms with Gasteiger partial charge in [0.2, 0.25) is 5.91 Å². The summed E-state index contributed by atoms with van der Waals surface area (Å²) >= 11 is 1.43. The Morgan fingerprint density at radius 2 is 2.00 bits per heavy atom. The number of fused-ring (bicyclic) bond motifs is 1. The quantitative estimate of drug-likeness (QED) is 0.376. The normalized spacial score (nSPS) is 13.0. The van der Waals surface area contributed by atoms with Crippen molar-refractivity contribution in [3.8, 4) is 17.2 Å². The number of H-pyrrole nitrogens is 1. The maximum absolute atomic E-state index is 12.2. The summed E-state index contributed by atoms with van der Waals surface area (Å²) in [5.41, 5.74) is 4.13. The molecule has 1 aliphatic rings. The Morgan fingerprint density at radius 1 is 1.16 bits per heavy atom. The zero-order valence-electron chi connectivity index (χ0n) is 16.4. The molecule has 1 amide bonds. The van der Waals surface area contributed by atoms with Crippen LogP contribution in [0, 0.1) is 17.2 Å². The van der Waals surface area contributed by atoms with Gasteiger partial charge in [-0.1, -0.05) is 12.1 Å². The van der Waals surface area contributed by atoms with Crippen molar-refractivity contribution in [2.24, 2.45) is 5.92 Å². The molecule has 0 aliphatic heterocycles. The van der Waals surface area contributed by atoms with E-state index >= 15 is 0 Å². The van der Waals surface area contributed by atoms with Crippen LogP contribution in [0.1, 0.15) is 18.5 Å². The molecule has 1 aromatic carbocycles. The molecule has 3 heterocycles. The fraction of sp³-hybridized carbons (Fsp3) is 0.130. The molecule has 3 N–H and O–H groups in total. The molecule has 0 atom stereocenters. The number of anilines is 2. The van der Waals surface area contributed by atoms with Crippen LogP contribution in [0.4, 0.5) is 11.5 Å². The van der Waals surface area contributed by atoms with E-state index in [-0.39, 0.29) is 11.8 Å². The molecule has 0 saturated heterocycles. The Balaban J connectivity index is 1.35. The van der Waals surface area contributed by atoms with Crippen molar-refractivity contribution in [1.29, 1.82) is 5.26 Å². The van der Waals surface area contributed by atoms with Gasteiger partial charge < -0.3 is 15.0 Å². The number of carbonyl (C=O) groups is 1. The Kier molecular flexibility index (Phi) is 5.02. The molecule has 31 heavy (non-hydrogen) atoms. The summed E-state index contributed by atoms with van der Waals surface area (Å²) in [5.74, 6) is 0.727. The smallest absolute Gasteiger partial charge is 0.228 e. The van der Waals surface area contributed by atoms with Crippen LogP contribution in [0.2, 0.25) is 0 Å². The Morgan fingerprint density at radius 3 is 2.71 bits per heavy atom. The Bertz CT molecular complexity index is 1290. The van der Waals surface area contributed by atoms with Gasteiger partial charge in [-0.15, -0.1) is 0 Å². The van der Waals surface area contributed by atoms with Gasteiger partial charge in [0.25, 0.3) is 0 Å². The predicted molar refractivity (Wildman–Crippen MR) is 121 cm³/mol. The molecule has 1 aliphatic carbocycles. The third-order valence-corrected chi connectivity index (χ3v) is 5.88. The van der Waals surface area contributed by atoms with E-state index in [1.807, 2.05) is 54.7 Å². The fourth-order valence-electron chi connectivity index (χ4n) is 3.26. The number of benzene rings is 1. The monoisotopic (exact) mass is 426 g/mol. The van der Waals surface area contributed by atoms with E-state index in [2.05, 4.69) is 25.0 Å². The van der Waals surface area contributed by atoms with Crippen molar-refractivity contribution in [1.82, 2.24) is 15.0 Å². The van der Waals surface area contributed by atoms with Crippen LogP contribution < -0.4 is 10.0 Å². The highest BCUT2D eigenvalue weighted by molar-refractivity contribution is 8.00. The first-order valence-electron chi connectivity index (χ1n) is 9.88. The molecule has 3 aromatic heterocycles. The van der Waals surface area contributed by atoms with Crippen LogP contribution >= 0.6 is 11.9 Å². The highest BCUT2D eigenvalue weighted by atomic mass is 32.2. The lowest BCUT2D eigenvalue weighted by Gasteiger charge is -2.10. The fourth-order valence-corrected chi connectivity index (χ4v) is 3.87. The molecule has 8 heteroatoms. The molecular weight excluding hydrogens is 408 g/mol. The van der Waals surface area contributed by atoms with Crippen molar-refractivity contribution < 1.29 is 4.79 Å². The molecule has 4 aromatic rings. The summed E-state index contributed by atoms with van der Waals surface area (Å²) in [5, 5.41) is 12.8. The van der Waals surface area contributed by atoms with Gasteiger partial charge >= 0.3 is 0 Å². The van der Waals surface area contributed by atoms with E-state index in [0.29, 0.717) is 11.5 Å². The first-order valence-corrected chi connectivity index (χ1v) is 10.7. The maximum atomic E-state index is 12.2. The van der Waals surface area contributed by atoms with Gasteiger partial charge in [0.05, 0.1) is 0 Å². The Hall–Kier alpha value is -3.83. The van der Waals surface area contributed by atoms with Gasteiger partial charge in [-0.2, -0.15) is 5.26 Å². The van der Waals surface area contributed by atoms with Crippen LogP contribution in [-0.4, -0.2) is 20.9 Å². The second kappa shape index (κ2) is 8.13. The number of nitriles is 1. The molecular formula is C23H18N6OS. The van der Waals surface area contributed by atoms with Gasteiger partial charge in [-0.3, -0.25) is 4.79 Å². The standard InChI is InChI=1S/C23H18N6OS/c24-12-17-7-8-18(13-26-17)31-29-16-5-3-14(4-6-16)20-11-21(28-23(30)15-1-2-15)27-22-19(20)9-10-25-22/h3-11,13,15,29H,1-2H2,(H2,25,27,28,30). The second-order valence-corrected chi connectivity index (χ2v) is 8.21. The molecule has 5 rings (SSSR count). The van der Waals surface area contributed by atoms with E-state index in [1.54, 1.807) is 12.3 Å². The zero-order chi connectivity index (χ0) is 21.2. The molecule has 1 saturated carbocycles. The molecule has 0 spiro atoms. The first kappa shape index (κ1) is 19.2. The minimum absolute atomic E-state index is 0.0400. The molecule has 152 valence electrons. The van der Waals surface area contributed by atoms with Crippen LogP contribution in [0.3, 0.4) is 0 Å².